The number of nitrogens with one attached hydrogen (secondary N) is 1. The van der Waals surface area contributed by atoms with Crippen LogP contribution in [0.25, 0.3) is 0 Å². The Kier molecular flexibility index (Phi) is 1.69. The van der Waals surface area contributed by atoms with E-state index in [9.17, 15) is 0 Å². The van der Waals surface area contributed by atoms with Crippen LogP contribution in [0.1, 0.15) is 20.3 Å². The molecule has 64 valence electrons. The molecule has 0 amide bonds. The van der Waals surface area contributed by atoms with Gasteiger partial charge in [0.1, 0.15) is 0 Å². The maximum atomic E-state index is 3.38. The lowest BCUT2D eigenvalue weighted by molar-refractivity contribution is 0.208. The minimum atomic E-state index is 0.622. The molecule has 0 aromatic heterocycles. The summed E-state index contributed by atoms with van der Waals surface area (Å²) in [6.45, 7) is 9.64. The van der Waals surface area contributed by atoms with Gasteiger partial charge in [-0.2, -0.15) is 0 Å². The van der Waals surface area contributed by atoms with Crippen molar-refractivity contribution < 1.29 is 0 Å². The molecule has 2 fully saturated rings. The third-order valence-corrected chi connectivity index (χ3v) is 3.05. The number of hydrogen-bond acceptors (Lipinski definition) is 2. The van der Waals surface area contributed by atoms with Crippen molar-refractivity contribution in [2.75, 3.05) is 26.2 Å². The summed E-state index contributed by atoms with van der Waals surface area (Å²) in [5.74, 6) is 0. The number of piperazine rings is 1. The molecule has 0 aromatic carbocycles. The van der Waals surface area contributed by atoms with Crippen LogP contribution in [0.2, 0.25) is 0 Å². The van der Waals surface area contributed by atoms with E-state index in [-0.39, 0.29) is 0 Å². The van der Waals surface area contributed by atoms with E-state index >= 15 is 0 Å². The van der Waals surface area contributed by atoms with Gasteiger partial charge < -0.3 is 5.32 Å². The van der Waals surface area contributed by atoms with Crippen molar-refractivity contribution >= 4 is 0 Å². The van der Waals surface area contributed by atoms with Gasteiger partial charge in [0.25, 0.3) is 0 Å². The van der Waals surface area contributed by atoms with Crippen molar-refractivity contribution in [2.24, 2.45) is 5.41 Å². The van der Waals surface area contributed by atoms with Gasteiger partial charge in [0.05, 0.1) is 0 Å². The smallest absolute Gasteiger partial charge is 0.0154 e. The van der Waals surface area contributed by atoms with Gasteiger partial charge in [-0.25, -0.2) is 0 Å². The first kappa shape index (κ1) is 7.56. The van der Waals surface area contributed by atoms with Crippen LogP contribution in [-0.2, 0) is 0 Å². The molecule has 2 rings (SSSR count). The van der Waals surface area contributed by atoms with E-state index in [1.165, 1.54) is 32.6 Å². The Labute approximate surface area is 69.0 Å². The molecule has 1 N–H and O–H groups in total. The first-order valence-corrected chi connectivity index (χ1v) is 4.65. The van der Waals surface area contributed by atoms with Crippen molar-refractivity contribution in [1.29, 1.82) is 0 Å². The Bertz CT molecular complexity index is 148. The highest BCUT2D eigenvalue weighted by atomic mass is 15.2. The highest BCUT2D eigenvalue weighted by Crippen LogP contribution is 2.48. The molecule has 1 aliphatic carbocycles. The molecule has 1 atom stereocenters. The van der Waals surface area contributed by atoms with Gasteiger partial charge >= 0.3 is 0 Å². The second-order valence-corrected chi connectivity index (χ2v) is 4.49. The summed E-state index contributed by atoms with van der Waals surface area (Å²) in [6.07, 6.45) is 1.41. The zero-order chi connectivity index (χ0) is 7.90. The van der Waals surface area contributed by atoms with E-state index in [0.29, 0.717) is 5.41 Å². The van der Waals surface area contributed by atoms with Crippen LogP contribution in [-0.4, -0.2) is 37.1 Å². The standard InChI is InChI=1S/C9H18N2/c1-9(2)7-8(9)11-5-3-10-4-6-11/h8,10H,3-7H2,1-2H3. The third-order valence-electron chi connectivity index (χ3n) is 3.05. The van der Waals surface area contributed by atoms with Gasteiger partial charge in [-0.05, 0) is 11.8 Å². The van der Waals surface area contributed by atoms with Gasteiger partial charge in [-0.1, -0.05) is 13.8 Å². The zero-order valence-corrected chi connectivity index (χ0v) is 7.56. The molecule has 2 aliphatic rings. The third kappa shape index (κ3) is 1.42. The maximum Gasteiger partial charge on any atom is 0.0154 e. The fraction of sp³-hybridized carbons (Fsp3) is 1.00. The fourth-order valence-electron chi connectivity index (χ4n) is 2.06. The largest absolute Gasteiger partial charge is 0.314 e. The van der Waals surface area contributed by atoms with E-state index in [1.54, 1.807) is 0 Å². The molecule has 1 saturated heterocycles. The van der Waals surface area contributed by atoms with Crippen LogP contribution in [0.5, 0.6) is 0 Å². The first-order valence-electron chi connectivity index (χ1n) is 4.65. The van der Waals surface area contributed by atoms with E-state index in [4.69, 9.17) is 0 Å². The molecule has 0 bridgehead atoms. The Hall–Kier alpha value is -0.0800. The Balaban J connectivity index is 1.86. The highest BCUT2D eigenvalue weighted by Gasteiger charge is 2.49. The average Bonchev–Trinajstić information content (AvgIpc) is 2.62. The lowest BCUT2D eigenvalue weighted by Gasteiger charge is -2.28. The second kappa shape index (κ2) is 2.46. The van der Waals surface area contributed by atoms with Crippen LogP contribution >= 0.6 is 0 Å². The average molecular weight is 154 g/mol. The molecule has 0 aromatic rings. The molecule has 1 saturated carbocycles. The number of hydrogen-bond donors (Lipinski definition) is 1. The minimum absolute atomic E-state index is 0.622. The quantitative estimate of drug-likeness (QED) is 0.598. The summed E-state index contributed by atoms with van der Waals surface area (Å²) in [4.78, 5) is 2.64. The Morgan fingerprint density at radius 1 is 1.27 bits per heavy atom. The van der Waals surface area contributed by atoms with Crippen molar-refractivity contribution in [3.05, 3.63) is 0 Å². The van der Waals surface area contributed by atoms with Crippen LogP contribution in [0.15, 0.2) is 0 Å². The first-order chi connectivity index (χ1) is 5.20. The van der Waals surface area contributed by atoms with Crippen LogP contribution in [0.3, 0.4) is 0 Å². The topological polar surface area (TPSA) is 15.3 Å². The molecule has 1 heterocycles. The summed E-state index contributed by atoms with van der Waals surface area (Å²) < 4.78 is 0. The van der Waals surface area contributed by atoms with E-state index in [0.717, 1.165) is 6.04 Å². The molecule has 2 heteroatoms. The fourth-order valence-corrected chi connectivity index (χ4v) is 2.06. The summed E-state index contributed by atoms with van der Waals surface area (Å²) >= 11 is 0. The zero-order valence-electron chi connectivity index (χ0n) is 7.56. The van der Waals surface area contributed by atoms with Crippen molar-refractivity contribution in [3.63, 3.8) is 0 Å². The molecule has 1 unspecified atom stereocenters. The highest BCUT2D eigenvalue weighted by molar-refractivity contribution is 5.03. The van der Waals surface area contributed by atoms with Crippen molar-refractivity contribution in [1.82, 2.24) is 10.2 Å². The van der Waals surface area contributed by atoms with Gasteiger partial charge in [0.2, 0.25) is 0 Å². The summed E-state index contributed by atoms with van der Waals surface area (Å²) in [5, 5.41) is 3.38. The van der Waals surface area contributed by atoms with Crippen LogP contribution in [0.4, 0.5) is 0 Å². The Morgan fingerprint density at radius 2 is 1.82 bits per heavy atom. The van der Waals surface area contributed by atoms with E-state index < -0.39 is 0 Å². The monoisotopic (exact) mass is 154 g/mol. The molecular weight excluding hydrogens is 136 g/mol. The minimum Gasteiger partial charge on any atom is -0.314 e. The molecule has 2 nitrogen and oxygen atoms in total. The van der Waals surface area contributed by atoms with Gasteiger partial charge in [0, 0.05) is 32.2 Å². The second-order valence-electron chi connectivity index (χ2n) is 4.49. The predicted molar refractivity (Wildman–Crippen MR) is 46.6 cm³/mol. The Morgan fingerprint density at radius 3 is 2.27 bits per heavy atom. The lowest BCUT2D eigenvalue weighted by atomic mass is 10.1. The number of rotatable bonds is 1. The van der Waals surface area contributed by atoms with Crippen LogP contribution in [0, 0.1) is 5.41 Å². The van der Waals surface area contributed by atoms with E-state index in [2.05, 4.69) is 24.1 Å². The lowest BCUT2D eigenvalue weighted by Crippen LogP contribution is -2.45. The summed E-state index contributed by atoms with van der Waals surface area (Å²) in [6, 6.07) is 0.893. The normalized spacial score (nSPS) is 37.1. The van der Waals surface area contributed by atoms with Gasteiger partial charge in [-0.15, -0.1) is 0 Å². The van der Waals surface area contributed by atoms with Crippen molar-refractivity contribution in [3.8, 4) is 0 Å². The number of nitrogens with zero attached hydrogens (tertiary/aromatic N) is 1. The summed E-state index contributed by atoms with van der Waals surface area (Å²) in [5.41, 5.74) is 0.622. The van der Waals surface area contributed by atoms with Gasteiger partial charge in [0.15, 0.2) is 0 Å². The van der Waals surface area contributed by atoms with E-state index in [1.807, 2.05) is 0 Å². The molecule has 11 heavy (non-hydrogen) atoms. The molecule has 1 aliphatic heterocycles. The SMILES string of the molecule is CC1(C)CC1N1CCNCC1. The molecule has 0 spiro atoms. The maximum absolute atomic E-state index is 3.38. The molecule has 0 radical (unpaired) electrons. The predicted octanol–water partition coefficient (Wildman–Crippen LogP) is 0.690. The molecular formula is C9H18N2. The van der Waals surface area contributed by atoms with Gasteiger partial charge in [-0.3, -0.25) is 4.90 Å². The van der Waals surface area contributed by atoms with Crippen molar-refractivity contribution in [2.45, 2.75) is 26.3 Å². The summed E-state index contributed by atoms with van der Waals surface area (Å²) in [7, 11) is 0. The van der Waals surface area contributed by atoms with Crippen LogP contribution < -0.4 is 5.32 Å².